The zero-order chi connectivity index (χ0) is 28.7. The second-order valence-corrected chi connectivity index (χ2v) is 14.4. The van der Waals surface area contributed by atoms with E-state index in [0.29, 0.717) is 24.7 Å². The molecule has 38 heavy (non-hydrogen) atoms. The molecule has 4 aliphatic carbocycles. The Labute approximate surface area is 231 Å². The Bertz CT molecular complexity index is 934. The van der Waals surface area contributed by atoms with Gasteiger partial charge in [-0.1, -0.05) is 55.0 Å². The number of allylic oxidation sites excluding steroid dienone is 1. The molecule has 1 unspecified atom stereocenters. The predicted octanol–water partition coefficient (Wildman–Crippen LogP) is 9.22. The highest BCUT2D eigenvalue weighted by Gasteiger charge is 2.81. The molecular weight excluding hydrogens is 638 g/mol. The summed E-state index contributed by atoms with van der Waals surface area (Å²) >= 11 is 1.53. The summed E-state index contributed by atoms with van der Waals surface area (Å²) in [7, 11) is 0. The van der Waals surface area contributed by atoms with Crippen molar-refractivity contribution < 1.29 is 44.6 Å². The average Bonchev–Trinajstić information content (AvgIpc) is 3.14. The Hall–Kier alpha value is -0.200. The molecule has 0 aliphatic heterocycles. The van der Waals surface area contributed by atoms with Crippen LogP contribution in [0.1, 0.15) is 78.6 Å². The molecule has 1 N–H and O–H groups in total. The van der Waals surface area contributed by atoms with Crippen LogP contribution in [-0.4, -0.2) is 39.1 Å². The Morgan fingerprint density at radius 1 is 0.921 bits per heavy atom. The topological polar surface area (TPSA) is 20.2 Å². The van der Waals surface area contributed by atoms with Crippen molar-refractivity contribution in [1.29, 1.82) is 0 Å². The van der Waals surface area contributed by atoms with Gasteiger partial charge in [-0.15, -0.1) is 0 Å². The molecule has 3 saturated carbocycles. The minimum absolute atomic E-state index is 0.0102. The van der Waals surface area contributed by atoms with Crippen molar-refractivity contribution >= 4 is 22.6 Å². The van der Waals surface area contributed by atoms with Crippen LogP contribution in [0.25, 0.3) is 0 Å². The Morgan fingerprint density at radius 3 is 2.16 bits per heavy atom. The van der Waals surface area contributed by atoms with E-state index in [1.807, 2.05) is 0 Å². The van der Waals surface area contributed by atoms with Gasteiger partial charge in [0.15, 0.2) is 0 Å². The minimum atomic E-state index is -6.84. The first-order chi connectivity index (χ1) is 17.2. The fourth-order valence-corrected chi connectivity index (χ4v) is 9.82. The molecule has 4 rings (SSSR count). The number of aliphatic hydroxyl groups is 1. The summed E-state index contributed by atoms with van der Waals surface area (Å²) in [6.07, 6.45) is -0.138. The maximum absolute atomic E-state index is 14.4. The van der Waals surface area contributed by atoms with E-state index >= 15 is 0 Å². The molecule has 0 spiro atoms. The number of rotatable bonds is 6. The van der Waals surface area contributed by atoms with Crippen LogP contribution in [0.4, 0.5) is 39.5 Å². The fraction of sp³-hybridized carbons (Fsp3) is 0.926. The van der Waals surface area contributed by atoms with Crippen molar-refractivity contribution in [3.05, 3.63) is 11.6 Å². The Kier molecular flexibility index (Phi) is 7.83. The van der Waals surface area contributed by atoms with E-state index in [4.69, 9.17) is 0 Å². The van der Waals surface area contributed by atoms with Crippen LogP contribution in [0, 0.1) is 40.4 Å². The molecule has 220 valence electrons. The number of fused-ring (bicyclic) bond motifs is 5. The lowest BCUT2D eigenvalue weighted by molar-refractivity contribution is -0.396. The largest absolute Gasteiger partial charge is 0.460 e. The van der Waals surface area contributed by atoms with Crippen LogP contribution in [0.15, 0.2) is 11.6 Å². The maximum Gasteiger partial charge on any atom is 0.460 e. The summed E-state index contributed by atoms with van der Waals surface area (Å²) in [5.74, 6) is -18.5. The maximum atomic E-state index is 14.4. The van der Waals surface area contributed by atoms with Gasteiger partial charge in [-0.05, 0) is 91.8 Å². The second kappa shape index (κ2) is 9.68. The van der Waals surface area contributed by atoms with Gasteiger partial charge in [-0.2, -0.15) is 39.5 Å². The van der Waals surface area contributed by atoms with Gasteiger partial charge in [0, 0.05) is 10.3 Å². The number of halogens is 10. The smallest absolute Gasteiger partial charge is 0.393 e. The van der Waals surface area contributed by atoms with Gasteiger partial charge in [0.25, 0.3) is 0 Å². The predicted molar refractivity (Wildman–Crippen MR) is 134 cm³/mol. The van der Waals surface area contributed by atoms with E-state index in [0.717, 1.165) is 38.5 Å². The first-order valence-corrected chi connectivity index (χ1v) is 14.7. The van der Waals surface area contributed by atoms with E-state index in [-0.39, 0.29) is 28.8 Å². The minimum Gasteiger partial charge on any atom is -0.393 e. The third-order valence-electron chi connectivity index (χ3n) is 11.0. The van der Waals surface area contributed by atoms with Crippen molar-refractivity contribution in [2.75, 3.05) is 0 Å². The number of hydrogen-bond donors (Lipinski definition) is 1. The molecule has 0 heterocycles. The quantitative estimate of drug-likeness (QED) is 0.129. The number of alkyl halides is 10. The van der Waals surface area contributed by atoms with Crippen LogP contribution in [0.2, 0.25) is 0 Å². The summed E-state index contributed by atoms with van der Waals surface area (Å²) < 4.78 is 120. The molecule has 11 heteroatoms. The third-order valence-corrected chi connectivity index (χ3v) is 12.6. The highest BCUT2D eigenvalue weighted by Crippen LogP contribution is 2.68. The lowest BCUT2D eigenvalue weighted by atomic mass is 9.47. The van der Waals surface area contributed by atoms with Gasteiger partial charge in [-0.25, -0.2) is 0 Å². The molecule has 0 radical (unpaired) electrons. The van der Waals surface area contributed by atoms with Crippen molar-refractivity contribution in [2.24, 2.45) is 40.4 Å². The van der Waals surface area contributed by atoms with Gasteiger partial charge in [0.1, 0.15) is 0 Å². The Morgan fingerprint density at radius 2 is 1.55 bits per heavy atom. The third kappa shape index (κ3) is 4.53. The molecule has 0 bridgehead atoms. The van der Waals surface area contributed by atoms with Crippen LogP contribution >= 0.6 is 22.6 Å². The molecule has 4 aliphatic rings. The standard InChI is InChI=1S/C27H36F9IO/c1-14(21(37)13-24(28,29)25(30,31)26(32,33)27(34,35)36)18-6-7-19-17-5-4-15-12-16(38)8-10-22(15,2)20(17)9-11-23(18,19)3/h4,14,16-21,38H,5-13H2,1-3H3/t14-,16-,17-,18+,19-,20-,21?,22-,23+/m0/s1. The monoisotopic (exact) mass is 674 g/mol. The van der Waals surface area contributed by atoms with Crippen LogP contribution in [0.5, 0.6) is 0 Å². The molecule has 0 saturated heterocycles. The van der Waals surface area contributed by atoms with Crippen molar-refractivity contribution in [2.45, 2.75) is 113 Å². The molecule has 9 atom stereocenters. The van der Waals surface area contributed by atoms with Crippen molar-refractivity contribution in [3.63, 3.8) is 0 Å². The highest BCUT2D eigenvalue weighted by atomic mass is 127. The average molecular weight is 674 g/mol. The number of hydrogen-bond acceptors (Lipinski definition) is 1. The van der Waals surface area contributed by atoms with E-state index in [1.54, 1.807) is 6.92 Å². The lowest BCUT2D eigenvalue weighted by Crippen LogP contribution is -2.61. The molecule has 0 aromatic rings. The van der Waals surface area contributed by atoms with Crippen LogP contribution < -0.4 is 0 Å². The molecule has 3 fully saturated rings. The van der Waals surface area contributed by atoms with Gasteiger partial charge >= 0.3 is 23.9 Å². The second-order valence-electron chi connectivity index (χ2n) is 12.8. The summed E-state index contributed by atoms with van der Waals surface area (Å²) in [4.78, 5) is 0. The summed E-state index contributed by atoms with van der Waals surface area (Å²) in [6, 6.07) is 0. The van der Waals surface area contributed by atoms with Crippen LogP contribution in [0.3, 0.4) is 0 Å². The van der Waals surface area contributed by atoms with Crippen molar-refractivity contribution in [3.8, 4) is 0 Å². The van der Waals surface area contributed by atoms with Crippen LogP contribution in [-0.2, 0) is 0 Å². The summed E-state index contributed by atoms with van der Waals surface area (Å²) in [6.45, 7) is 6.03. The van der Waals surface area contributed by atoms with Gasteiger partial charge in [0.2, 0.25) is 0 Å². The van der Waals surface area contributed by atoms with E-state index in [1.165, 1.54) is 28.2 Å². The lowest BCUT2D eigenvalue weighted by Gasteiger charge is -2.58. The molecule has 1 nitrogen and oxygen atoms in total. The SMILES string of the molecule is C[C@H](C(I)CC(F)(F)C(F)(F)C(F)(F)C(F)(F)F)[C@H]1CC[C@H]2[C@@H]3CC=C4C[C@@H](O)CC[C@]4(C)[C@H]3CC[C@]12C. The van der Waals surface area contributed by atoms with Crippen molar-refractivity contribution in [1.82, 2.24) is 0 Å². The Balaban J connectivity index is 1.51. The van der Waals surface area contributed by atoms with Gasteiger partial charge < -0.3 is 5.11 Å². The van der Waals surface area contributed by atoms with Gasteiger partial charge in [-0.3, -0.25) is 0 Å². The number of aliphatic hydroxyl groups excluding tert-OH is 1. The van der Waals surface area contributed by atoms with E-state index in [9.17, 15) is 44.6 Å². The first kappa shape index (κ1) is 30.8. The molecule has 0 aromatic carbocycles. The molecule has 0 amide bonds. The van der Waals surface area contributed by atoms with E-state index < -0.39 is 40.2 Å². The highest BCUT2D eigenvalue weighted by molar-refractivity contribution is 14.1. The zero-order valence-electron chi connectivity index (χ0n) is 21.7. The zero-order valence-corrected chi connectivity index (χ0v) is 23.9. The first-order valence-electron chi connectivity index (χ1n) is 13.4. The van der Waals surface area contributed by atoms with Gasteiger partial charge in [0.05, 0.1) is 6.10 Å². The normalized spacial score (nSPS) is 40.1. The fourth-order valence-electron chi connectivity index (χ4n) is 8.76. The summed E-state index contributed by atoms with van der Waals surface area (Å²) in [5, 5.41) is 10.2. The molecular formula is C27H36F9IO. The molecule has 0 aromatic heterocycles. The summed E-state index contributed by atoms with van der Waals surface area (Å²) in [5.41, 5.74) is 1.07. The van der Waals surface area contributed by atoms with E-state index in [2.05, 4.69) is 19.9 Å².